The Kier molecular flexibility index (Phi) is 5.97. The highest BCUT2D eigenvalue weighted by atomic mass is 79.9. The molecular formula is C8H14BrF3. The summed E-state index contributed by atoms with van der Waals surface area (Å²) in [5.74, 6) is 0. The van der Waals surface area contributed by atoms with Gasteiger partial charge in [-0.2, -0.15) is 13.2 Å². The van der Waals surface area contributed by atoms with E-state index in [0.717, 1.165) is 19.3 Å². The molecule has 0 nitrogen and oxygen atoms in total. The van der Waals surface area contributed by atoms with Crippen molar-refractivity contribution in [3.05, 3.63) is 0 Å². The summed E-state index contributed by atoms with van der Waals surface area (Å²) in [5.41, 5.74) is 0. The third-order valence-corrected chi connectivity index (χ3v) is 2.64. The van der Waals surface area contributed by atoms with Crippen molar-refractivity contribution in [3.8, 4) is 0 Å². The number of hydrogen-bond acceptors (Lipinski definition) is 0. The molecule has 0 fully saturated rings. The maximum Gasteiger partial charge on any atom is 0.401 e. The summed E-state index contributed by atoms with van der Waals surface area (Å²) in [6.07, 6.45) is -0.246. The molecule has 0 aliphatic carbocycles. The maximum absolute atomic E-state index is 11.9. The lowest BCUT2D eigenvalue weighted by Gasteiger charge is -2.12. The zero-order valence-electron chi connectivity index (χ0n) is 7.12. The predicted octanol–water partition coefficient (Wildman–Crippen LogP) is 4.28. The zero-order valence-corrected chi connectivity index (χ0v) is 8.71. The van der Waals surface area contributed by atoms with Crippen LogP contribution in [0.15, 0.2) is 0 Å². The lowest BCUT2D eigenvalue weighted by Crippen LogP contribution is -2.22. The van der Waals surface area contributed by atoms with Crippen molar-refractivity contribution >= 4 is 15.9 Å². The van der Waals surface area contributed by atoms with Gasteiger partial charge in [-0.05, 0) is 6.42 Å². The van der Waals surface area contributed by atoms with Gasteiger partial charge < -0.3 is 0 Å². The van der Waals surface area contributed by atoms with Gasteiger partial charge in [-0.1, -0.05) is 48.5 Å². The fourth-order valence-electron chi connectivity index (χ4n) is 0.914. The Balaban J connectivity index is 3.38. The summed E-state index contributed by atoms with van der Waals surface area (Å²) in [4.78, 5) is -1.32. The molecule has 0 aliphatic rings. The van der Waals surface area contributed by atoms with E-state index in [-0.39, 0.29) is 6.42 Å². The van der Waals surface area contributed by atoms with Crippen molar-refractivity contribution in [3.63, 3.8) is 0 Å². The van der Waals surface area contributed by atoms with E-state index < -0.39 is 11.0 Å². The van der Waals surface area contributed by atoms with E-state index >= 15 is 0 Å². The first-order valence-electron chi connectivity index (χ1n) is 4.19. The topological polar surface area (TPSA) is 0 Å². The molecule has 0 aromatic heterocycles. The molecular weight excluding hydrogens is 233 g/mol. The standard InChI is InChI=1S/C8H14BrF3/c1-2-3-4-5-6-7(9)8(10,11)12/h7H,2-6H2,1H3/t7-/m0/s1. The van der Waals surface area contributed by atoms with Gasteiger partial charge in [-0.15, -0.1) is 0 Å². The predicted molar refractivity (Wildman–Crippen MR) is 47.5 cm³/mol. The molecule has 1 atom stereocenters. The van der Waals surface area contributed by atoms with Gasteiger partial charge in [-0.25, -0.2) is 0 Å². The van der Waals surface area contributed by atoms with E-state index in [9.17, 15) is 13.2 Å². The van der Waals surface area contributed by atoms with Gasteiger partial charge in [0.15, 0.2) is 0 Å². The summed E-state index contributed by atoms with van der Waals surface area (Å²) < 4.78 is 35.7. The molecule has 0 aromatic carbocycles. The SMILES string of the molecule is CCCCCC[C@H](Br)C(F)(F)F. The molecule has 0 N–H and O–H groups in total. The van der Waals surface area contributed by atoms with Crippen LogP contribution in [0.1, 0.15) is 39.0 Å². The Morgan fingerprint density at radius 1 is 1.17 bits per heavy atom. The van der Waals surface area contributed by atoms with Crippen LogP contribution in [0.25, 0.3) is 0 Å². The first kappa shape index (κ1) is 12.3. The fourth-order valence-corrected chi connectivity index (χ4v) is 1.24. The highest BCUT2D eigenvalue weighted by Gasteiger charge is 2.36. The van der Waals surface area contributed by atoms with Crippen molar-refractivity contribution in [2.24, 2.45) is 0 Å². The molecule has 0 amide bonds. The molecule has 0 radical (unpaired) electrons. The highest BCUT2D eigenvalue weighted by Crippen LogP contribution is 2.30. The van der Waals surface area contributed by atoms with Gasteiger partial charge in [0.05, 0.1) is 0 Å². The minimum absolute atomic E-state index is 0.198. The van der Waals surface area contributed by atoms with Crippen molar-refractivity contribution in [2.45, 2.75) is 50.0 Å². The molecule has 4 heteroatoms. The third kappa shape index (κ3) is 5.86. The van der Waals surface area contributed by atoms with Gasteiger partial charge in [0, 0.05) is 0 Å². The average molecular weight is 247 g/mol. The second-order valence-electron chi connectivity index (χ2n) is 2.86. The van der Waals surface area contributed by atoms with Crippen molar-refractivity contribution < 1.29 is 13.2 Å². The summed E-state index contributed by atoms with van der Waals surface area (Å²) >= 11 is 2.63. The largest absolute Gasteiger partial charge is 0.401 e. The van der Waals surface area contributed by atoms with Crippen LogP contribution in [0.3, 0.4) is 0 Å². The van der Waals surface area contributed by atoms with Crippen LogP contribution < -0.4 is 0 Å². The Hall–Kier alpha value is 0.270. The molecule has 0 aliphatic heterocycles. The number of alkyl halides is 4. The summed E-state index contributed by atoms with van der Waals surface area (Å²) in [5, 5.41) is 0. The summed E-state index contributed by atoms with van der Waals surface area (Å²) in [7, 11) is 0. The van der Waals surface area contributed by atoms with Gasteiger partial charge in [0.25, 0.3) is 0 Å². The van der Waals surface area contributed by atoms with E-state index in [2.05, 4.69) is 15.9 Å². The molecule has 0 saturated carbocycles. The van der Waals surface area contributed by atoms with E-state index in [0.29, 0.717) is 6.42 Å². The van der Waals surface area contributed by atoms with Crippen LogP contribution in [0.4, 0.5) is 13.2 Å². The van der Waals surface area contributed by atoms with E-state index in [1.165, 1.54) is 0 Å². The molecule has 0 saturated heterocycles. The van der Waals surface area contributed by atoms with Crippen LogP contribution in [0, 0.1) is 0 Å². The monoisotopic (exact) mass is 246 g/mol. The fraction of sp³-hybridized carbons (Fsp3) is 1.00. The molecule has 0 rings (SSSR count). The number of hydrogen-bond donors (Lipinski definition) is 0. The Bertz CT molecular complexity index is 111. The van der Waals surface area contributed by atoms with E-state index in [1.807, 2.05) is 6.92 Å². The minimum atomic E-state index is -4.08. The summed E-state index contributed by atoms with van der Waals surface area (Å²) in [6, 6.07) is 0. The van der Waals surface area contributed by atoms with Crippen LogP contribution in [-0.4, -0.2) is 11.0 Å². The first-order chi connectivity index (χ1) is 5.48. The van der Waals surface area contributed by atoms with Crippen molar-refractivity contribution in [2.75, 3.05) is 0 Å². The zero-order chi connectivity index (χ0) is 9.61. The highest BCUT2D eigenvalue weighted by molar-refractivity contribution is 9.09. The maximum atomic E-state index is 11.9. The second-order valence-corrected chi connectivity index (χ2v) is 3.96. The average Bonchev–Trinajstić information content (AvgIpc) is 1.96. The molecule has 12 heavy (non-hydrogen) atoms. The Labute approximate surface area is 79.7 Å². The Morgan fingerprint density at radius 3 is 2.17 bits per heavy atom. The Morgan fingerprint density at radius 2 is 1.75 bits per heavy atom. The molecule has 0 heterocycles. The van der Waals surface area contributed by atoms with E-state index in [4.69, 9.17) is 0 Å². The molecule has 0 bridgehead atoms. The van der Waals surface area contributed by atoms with Crippen LogP contribution in [0.2, 0.25) is 0 Å². The first-order valence-corrected chi connectivity index (χ1v) is 5.10. The van der Waals surface area contributed by atoms with Gasteiger partial charge in [0.1, 0.15) is 4.83 Å². The molecule has 0 spiro atoms. The lowest BCUT2D eigenvalue weighted by atomic mass is 10.1. The quantitative estimate of drug-likeness (QED) is 0.502. The van der Waals surface area contributed by atoms with Gasteiger partial charge >= 0.3 is 6.18 Å². The molecule has 74 valence electrons. The van der Waals surface area contributed by atoms with E-state index in [1.54, 1.807) is 0 Å². The molecule has 0 aromatic rings. The van der Waals surface area contributed by atoms with Crippen molar-refractivity contribution in [1.82, 2.24) is 0 Å². The van der Waals surface area contributed by atoms with Gasteiger partial charge in [-0.3, -0.25) is 0 Å². The third-order valence-electron chi connectivity index (χ3n) is 1.67. The molecule has 0 unspecified atom stereocenters. The van der Waals surface area contributed by atoms with Crippen LogP contribution >= 0.6 is 15.9 Å². The van der Waals surface area contributed by atoms with Crippen LogP contribution in [0.5, 0.6) is 0 Å². The van der Waals surface area contributed by atoms with Gasteiger partial charge in [0.2, 0.25) is 0 Å². The number of rotatable bonds is 5. The number of halogens is 4. The second kappa shape index (κ2) is 5.84. The van der Waals surface area contributed by atoms with Crippen molar-refractivity contribution in [1.29, 1.82) is 0 Å². The summed E-state index contributed by atoms with van der Waals surface area (Å²) in [6.45, 7) is 2.04. The normalized spacial score (nSPS) is 14.8. The lowest BCUT2D eigenvalue weighted by molar-refractivity contribution is -0.128. The van der Waals surface area contributed by atoms with Crippen LogP contribution in [-0.2, 0) is 0 Å². The smallest absolute Gasteiger partial charge is 0.170 e. The number of unbranched alkanes of at least 4 members (excludes halogenated alkanes) is 3. The minimum Gasteiger partial charge on any atom is -0.170 e.